The first kappa shape index (κ1) is 21.2. The highest BCUT2D eigenvalue weighted by Gasteiger charge is 2.16. The Kier molecular flexibility index (Phi) is 7.80. The highest BCUT2D eigenvalue weighted by atomic mass is 19.1. The summed E-state index contributed by atoms with van der Waals surface area (Å²) in [5, 5.41) is 2.74. The molecule has 0 saturated carbocycles. The monoisotopic (exact) mass is 389 g/mol. The summed E-state index contributed by atoms with van der Waals surface area (Å²) in [4.78, 5) is 35.7. The van der Waals surface area contributed by atoms with Gasteiger partial charge in [0.05, 0.1) is 5.56 Å². The lowest BCUT2D eigenvalue weighted by Crippen LogP contribution is -2.15. The molecule has 0 atom stereocenters. The first-order valence-corrected chi connectivity index (χ1v) is 8.96. The van der Waals surface area contributed by atoms with Gasteiger partial charge in [-0.25, -0.2) is 13.6 Å². The van der Waals surface area contributed by atoms with Gasteiger partial charge < -0.3 is 10.1 Å². The number of Topliss-reactive ketones (excluding diaryl/α,β-unsaturated/α-hetero) is 1. The van der Waals surface area contributed by atoms with Gasteiger partial charge in [-0.1, -0.05) is 19.8 Å². The minimum Gasteiger partial charge on any atom is -0.454 e. The van der Waals surface area contributed by atoms with Crippen LogP contribution in [-0.4, -0.2) is 24.3 Å². The van der Waals surface area contributed by atoms with Crippen molar-refractivity contribution in [2.45, 2.75) is 32.6 Å². The Morgan fingerprint density at radius 2 is 1.71 bits per heavy atom. The van der Waals surface area contributed by atoms with Crippen LogP contribution in [0, 0.1) is 11.6 Å². The zero-order valence-corrected chi connectivity index (χ0v) is 15.5. The summed E-state index contributed by atoms with van der Waals surface area (Å²) in [6.07, 6.45) is 3.27. The molecule has 0 aliphatic rings. The Balaban J connectivity index is 1.87. The van der Waals surface area contributed by atoms with Crippen LogP contribution in [0.1, 0.15) is 53.3 Å². The van der Waals surface area contributed by atoms with Crippen molar-refractivity contribution >= 4 is 23.3 Å². The number of benzene rings is 2. The molecule has 2 aromatic carbocycles. The fourth-order valence-electron chi connectivity index (χ4n) is 2.45. The van der Waals surface area contributed by atoms with Crippen LogP contribution in [0.3, 0.4) is 0 Å². The molecule has 2 aromatic rings. The van der Waals surface area contributed by atoms with Crippen LogP contribution in [0.2, 0.25) is 0 Å². The van der Waals surface area contributed by atoms with E-state index in [0.29, 0.717) is 18.2 Å². The van der Waals surface area contributed by atoms with Gasteiger partial charge >= 0.3 is 5.97 Å². The van der Waals surface area contributed by atoms with E-state index in [4.69, 9.17) is 4.74 Å². The highest BCUT2D eigenvalue weighted by Crippen LogP contribution is 2.13. The number of amides is 1. The summed E-state index contributed by atoms with van der Waals surface area (Å²) in [5.41, 5.74) is 0.384. The number of esters is 1. The molecule has 0 heterocycles. The number of carbonyl (C=O) groups excluding carboxylic acids is 3. The van der Waals surface area contributed by atoms with Gasteiger partial charge in [-0.3, -0.25) is 9.59 Å². The van der Waals surface area contributed by atoms with Gasteiger partial charge in [-0.05, 0) is 42.8 Å². The Morgan fingerprint density at radius 3 is 2.36 bits per heavy atom. The SMILES string of the molecule is CCCCCC(=O)Nc1ccc(C(=O)COC(=O)c2ccc(F)cc2F)cc1. The highest BCUT2D eigenvalue weighted by molar-refractivity contribution is 6.00. The second-order valence-corrected chi connectivity index (χ2v) is 6.21. The zero-order chi connectivity index (χ0) is 20.5. The fraction of sp³-hybridized carbons (Fsp3) is 0.286. The van der Waals surface area contributed by atoms with Crippen molar-refractivity contribution in [3.8, 4) is 0 Å². The first-order valence-electron chi connectivity index (χ1n) is 8.96. The van der Waals surface area contributed by atoms with E-state index < -0.39 is 35.6 Å². The second-order valence-electron chi connectivity index (χ2n) is 6.21. The van der Waals surface area contributed by atoms with Crippen molar-refractivity contribution in [3.05, 3.63) is 65.2 Å². The summed E-state index contributed by atoms with van der Waals surface area (Å²) in [5.74, 6) is -3.51. The van der Waals surface area contributed by atoms with Crippen LogP contribution >= 0.6 is 0 Å². The van der Waals surface area contributed by atoms with E-state index in [1.54, 1.807) is 12.1 Å². The van der Waals surface area contributed by atoms with Crippen LogP contribution in [0.4, 0.5) is 14.5 Å². The number of carbonyl (C=O) groups is 3. The Hall–Kier alpha value is -3.09. The van der Waals surface area contributed by atoms with E-state index in [1.165, 1.54) is 12.1 Å². The zero-order valence-electron chi connectivity index (χ0n) is 15.5. The fourth-order valence-corrected chi connectivity index (χ4v) is 2.45. The average molecular weight is 389 g/mol. The standard InChI is InChI=1S/C21H21F2NO4/c1-2-3-4-5-20(26)24-16-9-6-14(7-10-16)19(25)13-28-21(27)17-11-8-15(22)12-18(17)23/h6-12H,2-5,13H2,1H3,(H,24,26). The van der Waals surface area contributed by atoms with Crippen LogP contribution < -0.4 is 5.32 Å². The van der Waals surface area contributed by atoms with Gasteiger partial charge in [0.1, 0.15) is 11.6 Å². The molecular weight excluding hydrogens is 368 g/mol. The van der Waals surface area contributed by atoms with E-state index in [-0.39, 0.29) is 11.5 Å². The minimum absolute atomic E-state index is 0.0946. The summed E-state index contributed by atoms with van der Waals surface area (Å²) in [6, 6.07) is 8.59. The maximum Gasteiger partial charge on any atom is 0.341 e. The minimum atomic E-state index is -1.06. The first-order chi connectivity index (χ1) is 13.4. The van der Waals surface area contributed by atoms with E-state index in [2.05, 4.69) is 12.2 Å². The van der Waals surface area contributed by atoms with Gasteiger partial charge in [0, 0.05) is 23.7 Å². The molecule has 148 valence electrons. The van der Waals surface area contributed by atoms with E-state index >= 15 is 0 Å². The van der Waals surface area contributed by atoms with Gasteiger partial charge in [0.2, 0.25) is 5.91 Å². The quantitative estimate of drug-likeness (QED) is 0.389. The molecule has 0 aliphatic heterocycles. The van der Waals surface area contributed by atoms with Crippen LogP contribution in [-0.2, 0) is 9.53 Å². The molecule has 0 aliphatic carbocycles. The topological polar surface area (TPSA) is 72.5 Å². The molecule has 1 amide bonds. The van der Waals surface area contributed by atoms with Crippen molar-refractivity contribution in [3.63, 3.8) is 0 Å². The molecule has 7 heteroatoms. The van der Waals surface area contributed by atoms with Crippen LogP contribution in [0.15, 0.2) is 42.5 Å². The number of ether oxygens (including phenoxy) is 1. The largest absolute Gasteiger partial charge is 0.454 e. The third kappa shape index (κ3) is 6.26. The van der Waals surface area contributed by atoms with Crippen molar-refractivity contribution < 1.29 is 27.9 Å². The van der Waals surface area contributed by atoms with E-state index in [1.807, 2.05) is 0 Å². The van der Waals surface area contributed by atoms with Crippen molar-refractivity contribution in [2.24, 2.45) is 0 Å². The smallest absolute Gasteiger partial charge is 0.341 e. The lowest BCUT2D eigenvalue weighted by atomic mass is 10.1. The van der Waals surface area contributed by atoms with Crippen LogP contribution in [0.5, 0.6) is 0 Å². The van der Waals surface area contributed by atoms with Crippen LogP contribution in [0.25, 0.3) is 0 Å². The molecule has 28 heavy (non-hydrogen) atoms. The molecule has 2 rings (SSSR count). The van der Waals surface area contributed by atoms with E-state index in [0.717, 1.165) is 31.4 Å². The molecule has 0 saturated heterocycles. The van der Waals surface area contributed by atoms with Gasteiger partial charge in [-0.2, -0.15) is 0 Å². The number of anilines is 1. The summed E-state index contributed by atoms with van der Waals surface area (Å²) < 4.78 is 31.2. The van der Waals surface area contributed by atoms with Crippen molar-refractivity contribution in [1.29, 1.82) is 0 Å². The third-order valence-electron chi connectivity index (χ3n) is 3.98. The normalized spacial score (nSPS) is 10.4. The number of halogens is 2. The molecule has 0 radical (unpaired) electrons. The maximum atomic E-state index is 13.5. The number of nitrogens with one attached hydrogen (secondary N) is 1. The molecule has 0 spiro atoms. The molecular formula is C21H21F2NO4. The molecule has 0 bridgehead atoms. The lowest BCUT2D eigenvalue weighted by molar-refractivity contribution is -0.116. The Bertz CT molecular complexity index is 850. The summed E-state index contributed by atoms with van der Waals surface area (Å²) >= 11 is 0. The number of ketones is 1. The molecule has 1 N–H and O–H groups in total. The predicted octanol–water partition coefficient (Wildman–Crippen LogP) is 4.52. The molecule has 5 nitrogen and oxygen atoms in total. The number of hydrogen-bond acceptors (Lipinski definition) is 4. The van der Waals surface area contributed by atoms with Crippen molar-refractivity contribution in [1.82, 2.24) is 0 Å². The van der Waals surface area contributed by atoms with Gasteiger partial charge in [0.15, 0.2) is 12.4 Å². The molecule has 0 aromatic heterocycles. The van der Waals surface area contributed by atoms with Crippen molar-refractivity contribution in [2.75, 3.05) is 11.9 Å². The number of unbranched alkanes of at least 4 members (excludes halogenated alkanes) is 2. The van der Waals surface area contributed by atoms with Gasteiger partial charge in [-0.15, -0.1) is 0 Å². The predicted molar refractivity (Wildman–Crippen MR) is 100 cm³/mol. The maximum absolute atomic E-state index is 13.5. The Morgan fingerprint density at radius 1 is 1.00 bits per heavy atom. The second kappa shape index (κ2) is 10.3. The Labute approximate surface area is 161 Å². The average Bonchev–Trinajstić information content (AvgIpc) is 2.66. The lowest BCUT2D eigenvalue weighted by Gasteiger charge is -2.07. The molecule has 0 unspecified atom stereocenters. The molecule has 0 fully saturated rings. The number of rotatable bonds is 9. The summed E-state index contributed by atoms with van der Waals surface area (Å²) in [7, 11) is 0. The van der Waals surface area contributed by atoms with Gasteiger partial charge in [0.25, 0.3) is 0 Å². The van der Waals surface area contributed by atoms with E-state index in [9.17, 15) is 23.2 Å². The number of hydrogen-bond donors (Lipinski definition) is 1. The summed E-state index contributed by atoms with van der Waals surface area (Å²) in [6.45, 7) is 1.47. The third-order valence-corrected chi connectivity index (χ3v) is 3.98.